The number of carbonyl (C=O) groups is 2. The van der Waals surface area contributed by atoms with Gasteiger partial charge >= 0.3 is 0 Å². The van der Waals surface area contributed by atoms with Crippen LogP contribution in [0.5, 0.6) is 0 Å². The van der Waals surface area contributed by atoms with Crippen molar-refractivity contribution in [2.45, 2.75) is 19.3 Å². The Balaban J connectivity index is 1.55. The van der Waals surface area contributed by atoms with Gasteiger partial charge in [0.2, 0.25) is 11.8 Å². The Kier molecular flexibility index (Phi) is 4.57. The molecule has 1 aromatic carbocycles. The summed E-state index contributed by atoms with van der Waals surface area (Å²) in [6.07, 6.45) is 2.90. The number of nitrogens with zero attached hydrogens (tertiary/aromatic N) is 1. The zero-order valence-electron chi connectivity index (χ0n) is 12.4. The minimum Gasteiger partial charge on any atom is -0.326 e. The Morgan fingerprint density at radius 3 is 2.91 bits per heavy atom. The number of hydrogen-bond donors (Lipinski definition) is 2. The molecule has 2 N–H and O–H groups in total. The van der Waals surface area contributed by atoms with Gasteiger partial charge in [0.25, 0.3) is 0 Å². The molecule has 0 spiro atoms. The van der Waals surface area contributed by atoms with Crippen LogP contribution in [0.25, 0.3) is 0 Å². The van der Waals surface area contributed by atoms with Gasteiger partial charge in [-0.2, -0.15) is 0 Å². The molecule has 0 unspecified atom stereocenters. The number of pyridine rings is 1. The first-order valence-corrected chi connectivity index (χ1v) is 7.80. The van der Waals surface area contributed by atoms with Crippen LogP contribution in [-0.2, 0) is 16.0 Å². The van der Waals surface area contributed by atoms with Crippen LogP contribution in [0.3, 0.4) is 0 Å². The standard InChI is InChI=1S/C17H16ClN3O2/c18-13-6-7-15(19-10-13)21-16(22)8-5-12-9-11-3-1-2-4-14(11)20-17(12)23/h1-4,6-7,10,12H,5,8-9H2,(H,20,23)(H,19,21,22)/t12-/m1/s1. The topological polar surface area (TPSA) is 71.1 Å². The Hall–Kier alpha value is -2.40. The van der Waals surface area contributed by atoms with E-state index in [1.807, 2.05) is 24.3 Å². The lowest BCUT2D eigenvalue weighted by molar-refractivity contribution is -0.121. The van der Waals surface area contributed by atoms with Crippen LogP contribution in [0.2, 0.25) is 5.02 Å². The van der Waals surface area contributed by atoms with Crippen molar-refractivity contribution >= 4 is 34.9 Å². The van der Waals surface area contributed by atoms with Gasteiger partial charge in [-0.15, -0.1) is 0 Å². The molecule has 0 saturated heterocycles. The van der Waals surface area contributed by atoms with Gasteiger partial charge in [0.05, 0.1) is 5.02 Å². The summed E-state index contributed by atoms with van der Waals surface area (Å²) in [6.45, 7) is 0. The third kappa shape index (κ3) is 3.87. The average Bonchev–Trinajstić information content (AvgIpc) is 2.55. The molecule has 0 saturated carbocycles. The Morgan fingerprint density at radius 2 is 2.13 bits per heavy atom. The highest BCUT2D eigenvalue weighted by atomic mass is 35.5. The third-order valence-corrected chi connectivity index (χ3v) is 4.05. The molecular formula is C17H16ClN3O2. The van der Waals surface area contributed by atoms with Crippen LogP contribution in [0.4, 0.5) is 11.5 Å². The van der Waals surface area contributed by atoms with Crippen molar-refractivity contribution in [1.29, 1.82) is 0 Å². The quantitative estimate of drug-likeness (QED) is 0.904. The second-order valence-electron chi connectivity index (χ2n) is 5.50. The lowest BCUT2D eigenvalue weighted by Crippen LogP contribution is -2.30. The molecule has 0 aliphatic carbocycles. The van der Waals surface area contributed by atoms with Gasteiger partial charge < -0.3 is 10.6 Å². The normalized spacial score (nSPS) is 16.4. The highest BCUT2D eigenvalue weighted by molar-refractivity contribution is 6.30. The number of fused-ring (bicyclic) bond motifs is 1. The average molecular weight is 330 g/mol. The maximum atomic E-state index is 12.1. The second-order valence-corrected chi connectivity index (χ2v) is 5.93. The monoisotopic (exact) mass is 329 g/mol. The zero-order valence-corrected chi connectivity index (χ0v) is 13.1. The predicted molar refractivity (Wildman–Crippen MR) is 89.4 cm³/mol. The van der Waals surface area contributed by atoms with Crippen LogP contribution in [0.15, 0.2) is 42.6 Å². The summed E-state index contributed by atoms with van der Waals surface area (Å²) in [6, 6.07) is 11.0. The highest BCUT2D eigenvalue weighted by Crippen LogP contribution is 2.27. The van der Waals surface area contributed by atoms with Crippen molar-refractivity contribution in [3.05, 3.63) is 53.2 Å². The molecule has 1 aliphatic heterocycles. The van der Waals surface area contributed by atoms with E-state index in [9.17, 15) is 9.59 Å². The van der Waals surface area contributed by atoms with Gasteiger partial charge in [0.15, 0.2) is 0 Å². The van der Waals surface area contributed by atoms with Gasteiger partial charge in [0, 0.05) is 24.2 Å². The molecule has 0 radical (unpaired) electrons. The fourth-order valence-electron chi connectivity index (χ4n) is 2.61. The van der Waals surface area contributed by atoms with Crippen molar-refractivity contribution in [2.75, 3.05) is 10.6 Å². The fourth-order valence-corrected chi connectivity index (χ4v) is 2.72. The number of aromatic nitrogens is 1. The number of amides is 2. The minimum atomic E-state index is -0.186. The number of benzene rings is 1. The third-order valence-electron chi connectivity index (χ3n) is 3.83. The summed E-state index contributed by atoms with van der Waals surface area (Å²) < 4.78 is 0. The number of carbonyl (C=O) groups excluding carboxylic acids is 2. The van der Waals surface area contributed by atoms with Gasteiger partial charge in [-0.3, -0.25) is 9.59 Å². The molecule has 118 valence electrons. The molecule has 2 amide bonds. The number of halogens is 1. The van der Waals surface area contributed by atoms with Crippen molar-refractivity contribution in [2.24, 2.45) is 5.92 Å². The molecule has 6 heteroatoms. The molecule has 3 rings (SSSR count). The Bertz CT molecular complexity index is 731. The van der Waals surface area contributed by atoms with E-state index < -0.39 is 0 Å². The summed E-state index contributed by atoms with van der Waals surface area (Å²) >= 11 is 5.75. The van der Waals surface area contributed by atoms with Gasteiger partial charge in [-0.1, -0.05) is 29.8 Å². The largest absolute Gasteiger partial charge is 0.326 e. The molecule has 2 heterocycles. The van der Waals surface area contributed by atoms with E-state index in [0.29, 0.717) is 23.7 Å². The van der Waals surface area contributed by atoms with E-state index in [1.165, 1.54) is 6.20 Å². The first kappa shape index (κ1) is 15.5. The van der Waals surface area contributed by atoms with Crippen LogP contribution >= 0.6 is 11.6 Å². The number of rotatable bonds is 4. The minimum absolute atomic E-state index is 0.0267. The van der Waals surface area contributed by atoms with E-state index in [1.54, 1.807) is 12.1 Å². The van der Waals surface area contributed by atoms with E-state index >= 15 is 0 Å². The molecule has 1 aliphatic rings. The van der Waals surface area contributed by atoms with Gasteiger partial charge in [0.1, 0.15) is 5.82 Å². The van der Waals surface area contributed by atoms with Crippen LogP contribution < -0.4 is 10.6 Å². The molecule has 5 nitrogen and oxygen atoms in total. The summed E-state index contributed by atoms with van der Waals surface area (Å²) in [7, 11) is 0. The smallest absolute Gasteiger partial charge is 0.227 e. The van der Waals surface area contributed by atoms with Crippen molar-refractivity contribution in [3.8, 4) is 0 Å². The van der Waals surface area contributed by atoms with Crippen molar-refractivity contribution in [3.63, 3.8) is 0 Å². The fraction of sp³-hybridized carbons (Fsp3) is 0.235. The lowest BCUT2D eigenvalue weighted by Gasteiger charge is -2.24. The van der Waals surface area contributed by atoms with Crippen LogP contribution in [-0.4, -0.2) is 16.8 Å². The zero-order chi connectivity index (χ0) is 16.2. The predicted octanol–water partition coefficient (Wildman–Crippen LogP) is 3.26. The molecule has 2 aromatic rings. The van der Waals surface area contributed by atoms with E-state index in [2.05, 4.69) is 15.6 Å². The highest BCUT2D eigenvalue weighted by Gasteiger charge is 2.26. The number of anilines is 2. The molecule has 0 bridgehead atoms. The molecule has 23 heavy (non-hydrogen) atoms. The summed E-state index contributed by atoms with van der Waals surface area (Å²) in [5, 5.41) is 6.11. The Morgan fingerprint density at radius 1 is 1.30 bits per heavy atom. The number of nitrogens with one attached hydrogen (secondary N) is 2. The molecule has 0 fully saturated rings. The maximum absolute atomic E-state index is 12.1. The number of hydrogen-bond acceptors (Lipinski definition) is 3. The van der Waals surface area contributed by atoms with Gasteiger partial charge in [-0.05, 0) is 36.6 Å². The number of para-hydroxylation sites is 1. The maximum Gasteiger partial charge on any atom is 0.227 e. The van der Waals surface area contributed by atoms with E-state index in [4.69, 9.17) is 11.6 Å². The lowest BCUT2D eigenvalue weighted by atomic mass is 9.89. The van der Waals surface area contributed by atoms with E-state index in [0.717, 1.165) is 11.3 Å². The first-order chi connectivity index (χ1) is 11.1. The van der Waals surface area contributed by atoms with Crippen molar-refractivity contribution in [1.82, 2.24) is 4.98 Å². The Labute approximate surface area is 139 Å². The molecule has 1 aromatic heterocycles. The SMILES string of the molecule is O=C(CC[C@@H]1Cc2ccccc2NC1=O)Nc1ccc(Cl)cn1. The van der Waals surface area contributed by atoms with Gasteiger partial charge in [-0.25, -0.2) is 4.98 Å². The van der Waals surface area contributed by atoms with Crippen LogP contribution in [0, 0.1) is 5.92 Å². The van der Waals surface area contributed by atoms with E-state index in [-0.39, 0.29) is 24.2 Å². The molecular weight excluding hydrogens is 314 g/mol. The molecule has 1 atom stereocenters. The summed E-state index contributed by atoms with van der Waals surface area (Å²) in [4.78, 5) is 28.1. The van der Waals surface area contributed by atoms with Crippen molar-refractivity contribution < 1.29 is 9.59 Å². The van der Waals surface area contributed by atoms with Crippen LogP contribution in [0.1, 0.15) is 18.4 Å². The first-order valence-electron chi connectivity index (χ1n) is 7.42. The summed E-state index contributed by atoms with van der Waals surface area (Å²) in [5.74, 6) is 0.0827. The second kappa shape index (κ2) is 6.79. The summed E-state index contributed by atoms with van der Waals surface area (Å²) in [5.41, 5.74) is 1.97.